The Morgan fingerprint density at radius 2 is 1.72 bits per heavy atom. The normalized spacial score (nSPS) is 14.8. The smallest absolute Gasteiger partial charge is 0.409 e. The van der Waals surface area contributed by atoms with E-state index in [0.29, 0.717) is 16.9 Å². The number of carbonyl (C=O) groups excluding carboxylic acids is 3. The molecule has 1 fully saturated rings. The topological polar surface area (TPSA) is 128 Å². The molecule has 13 heteroatoms. The number of benzene rings is 2. The Bertz CT molecular complexity index is 1580. The fraction of sp³-hybridized carbons (Fsp3) is 0.308. The van der Waals surface area contributed by atoms with Crippen LogP contribution in [0.5, 0.6) is 0 Å². The molecular weight excluding hydrogens is 544 g/mol. The summed E-state index contributed by atoms with van der Waals surface area (Å²) in [7, 11) is -2.50. The van der Waals surface area contributed by atoms with Crippen LogP contribution in [0.1, 0.15) is 27.6 Å². The van der Waals surface area contributed by atoms with Gasteiger partial charge >= 0.3 is 12.1 Å². The largest absolute Gasteiger partial charge is 0.465 e. The van der Waals surface area contributed by atoms with E-state index in [1.807, 2.05) is 0 Å². The van der Waals surface area contributed by atoms with E-state index < -0.39 is 28.0 Å². The van der Waals surface area contributed by atoms with Crippen LogP contribution in [0.15, 0.2) is 65.0 Å². The molecule has 0 spiro atoms. The summed E-state index contributed by atoms with van der Waals surface area (Å²) in [5.41, 5.74) is 1.39. The van der Waals surface area contributed by atoms with E-state index in [1.54, 1.807) is 35.8 Å². The predicted octanol–water partition coefficient (Wildman–Crippen LogP) is 2.88. The van der Waals surface area contributed by atoms with Crippen LogP contribution in [0, 0.1) is 0 Å². The molecule has 0 aliphatic carbocycles. The number of sulfonamides is 1. The number of amides is 2. The monoisotopic (exact) mass is 572 g/mol. The number of thiazole rings is 1. The second-order valence-electron chi connectivity index (χ2n) is 8.49. The molecule has 0 saturated carbocycles. The molecule has 1 aliphatic heterocycles. The zero-order valence-corrected chi connectivity index (χ0v) is 23.2. The standard InChI is InChI=1S/C26H28N4O7S2/c1-4-12-30-21-11-8-19(24(32)36-3)17-22(21)38-25(30)27-23(31)18-6-9-20(10-7-18)39(34,35)29-15-13-28(14-16-29)26(33)37-5-2/h4,6-11,17H,1,5,12-16H2,2-3H3. The number of allylic oxidation sites excluding steroid dienone is 1. The van der Waals surface area contributed by atoms with E-state index in [9.17, 15) is 22.8 Å². The lowest BCUT2D eigenvalue weighted by atomic mass is 10.2. The summed E-state index contributed by atoms with van der Waals surface area (Å²) in [6.07, 6.45) is 1.22. The summed E-state index contributed by atoms with van der Waals surface area (Å²) >= 11 is 1.24. The Kier molecular flexibility index (Phi) is 8.63. The van der Waals surface area contributed by atoms with Crippen molar-refractivity contribution in [1.82, 2.24) is 13.8 Å². The number of methoxy groups -OCH3 is 1. The van der Waals surface area contributed by atoms with Gasteiger partial charge in [0.1, 0.15) is 0 Å². The maximum Gasteiger partial charge on any atom is 0.409 e. The highest BCUT2D eigenvalue weighted by Gasteiger charge is 2.30. The average molecular weight is 573 g/mol. The van der Waals surface area contributed by atoms with Gasteiger partial charge in [-0.25, -0.2) is 18.0 Å². The Balaban J connectivity index is 1.55. The Hall–Kier alpha value is -3.81. The molecule has 2 heterocycles. The van der Waals surface area contributed by atoms with Gasteiger partial charge in [-0.15, -0.1) is 6.58 Å². The van der Waals surface area contributed by atoms with Crippen molar-refractivity contribution in [3.63, 3.8) is 0 Å². The number of nitrogens with zero attached hydrogens (tertiary/aromatic N) is 4. The number of carbonyl (C=O) groups is 3. The summed E-state index contributed by atoms with van der Waals surface area (Å²) < 4.78 is 39.8. The van der Waals surface area contributed by atoms with Crippen molar-refractivity contribution < 1.29 is 32.3 Å². The minimum absolute atomic E-state index is 0.0440. The first-order valence-electron chi connectivity index (χ1n) is 12.1. The van der Waals surface area contributed by atoms with Crippen LogP contribution in [0.4, 0.5) is 4.79 Å². The van der Waals surface area contributed by atoms with Crippen molar-refractivity contribution in [3.8, 4) is 0 Å². The summed E-state index contributed by atoms with van der Waals surface area (Å²) in [6.45, 7) is 6.87. The van der Waals surface area contributed by atoms with Gasteiger partial charge in [-0.3, -0.25) is 4.79 Å². The molecule has 2 amide bonds. The minimum atomic E-state index is -3.81. The number of ether oxygens (including phenoxy) is 2. The van der Waals surface area contributed by atoms with E-state index in [0.717, 1.165) is 10.2 Å². The molecule has 0 unspecified atom stereocenters. The van der Waals surface area contributed by atoms with Crippen molar-refractivity contribution in [2.24, 2.45) is 4.99 Å². The van der Waals surface area contributed by atoms with Gasteiger partial charge in [0.25, 0.3) is 5.91 Å². The Morgan fingerprint density at radius 3 is 2.33 bits per heavy atom. The maximum absolute atomic E-state index is 13.1. The number of hydrogen-bond donors (Lipinski definition) is 0. The molecule has 0 radical (unpaired) electrons. The first-order chi connectivity index (χ1) is 18.7. The molecule has 0 bridgehead atoms. The van der Waals surface area contributed by atoms with Crippen LogP contribution in [0.2, 0.25) is 0 Å². The van der Waals surface area contributed by atoms with Gasteiger partial charge in [-0.1, -0.05) is 17.4 Å². The number of fused-ring (bicyclic) bond motifs is 1. The number of aromatic nitrogens is 1. The van der Waals surface area contributed by atoms with Gasteiger partial charge in [-0.2, -0.15) is 9.30 Å². The van der Waals surface area contributed by atoms with Crippen molar-refractivity contribution in [2.75, 3.05) is 39.9 Å². The van der Waals surface area contributed by atoms with Crippen LogP contribution in [-0.4, -0.2) is 80.1 Å². The van der Waals surface area contributed by atoms with Gasteiger partial charge in [0.05, 0.1) is 34.4 Å². The lowest BCUT2D eigenvalue weighted by molar-refractivity contribution is 0.0600. The zero-order valence-electron chi connectivity index (χ0n) is 21.5. The lowest BCUT2D eigenvalue weighted by Crippen LogP contribution is -2.50. The molecule has 2 aromatic carbocycles. The predicted molar refractivity (Wildman–Crippen MR) is 145 cm³/mol. The SMILES string of the molecule is C=CCn1c(=NC(=O)c2ccc(S(=O)(=O)N3CCN(C(=O)OCC)CC3)cc2)sc2cc(C(=O)OC)ccc21. The molecule has 4 rings (SSSR count). The average Bonchev–Trinajstić information content (AvgIpc) is 3.28. The molecule has 3 aromatic rings. The number of piperazine rings is 1. The molecule has 1 saturated heterocycles. The molecule has 0 atom stereocenters. The fourth-order valence-electron chi connectivity index (χ4n) is 4.10. The number of rotatable bonds is 7. The van der Waals surface area contributed by atoms with E-state index in [4.69, 9.17) is 9.47 Å². The zero-order chi connectivity index (χ0) is 28.2. The summed E-state index contributed by atoms with van der Waals surface area (Å²) in [4.78, 5) is 43.0. The molecular formula is C26H28N4O7S2. The first-order valence-corrected chi connectivity index (χ1v) is 14.4. The Labute approximate surface area is 229 Å². The van der Waals surface area contributed by atoms with Gasteiger partial charge in [0, 0.05) is 38.3 Å². The van der Waals surface area contributed by atoms with Crippen molar-refractivity contribution in [3.05, 3.63) is 71.0 Å². The van der Waals surface area contributed by atoms with Crippen LogP contribution in [0.25, 0.3) is 10.2 Å². The van der Waals surface area contributed by atoms with Gasteiger partial charge < -0.3 is 18.9 Å². The molecule has 39 heavy (non-hydrogen) atoms. The van der Waals surface area contributed by atoms with E-state index >= 15 is 0 Å². The lowest BCUT2D eigenvalue weighted by Gasteiger charge is -2.33. The van der Waals surface area contributed by atoms with E-state index in [1.165, 1.54) is 51.9 Å². The highest BCUT2D eigenvalue weighted by molar-refractivity contribution is 7.89. The second-order valence-corrected chi connectivity index (χ2v) is 11.4. The molecule has 206 valence electrons. The molecule has 11 nitrogen and oxygen atoms in total. The minimum Gasteiger partial charge on any atom is -0.465 e. The molecule has 1 aliphatic rings. The highest BCUT2D eigenvalue weighted by Crippen LogP contribution is 2.21. The third kappa shape index (κ3) is 5.95. The van der Waals surface area contributed by atoms with Crippen LogP contribution in [-0.2, 0) is 26.0 Å². The Morgan fingerprint density at radius 1 is 1.05 bits per heavy atom. The highest BCUT2D eigenvalue weighted by atomic mass is 32.2. The summed E-state index contributed by atoms with van der Waals surface area (Å²) in [6, 6.07) is 10.7. The third-order valence-corrected chi connectivity index (χ3v) is 9.07. The van der Waals surface area contributed by atoms with Crippen LogP contribution in [0.3, 0.4) is 0 Å². The van der Waals surface area contributed by atoms with E-state index in [-0.39, 0.29) is 43.2 Å². The van der Waals surface area contributed by atoms with E-state index in [2.05, 4.69) is 11.6 Å². The molecule has 1 aromatic heterocycles. The summed E-state index contributed by atoms with van der Waals surface area (Å²) in [5, 5.41) is 0. The maximum atomic E-state index is 13.1. The summed E-state index contributed by atoms with van der Waals surface area (Å²) in [5.74, 6) is -1.01. The quantitative estimate of drug-likeness (QED) is 0.315. The van der Waals surface area contributed by atoms with Crippen LogP contribution < -0.4 is 4.80 Å². The van der Waals surface area contributed by atoms with Crippen molar-refractivity contribution in [2.45, 2.75) is 18.4 Å². The van der Waals surface area contributed by atoms with Gasteiger partial charge in [0.2, 0.25) is 10.0 Å². The van der Waals surface area contributed by atoms with Gasteiger partial charge in [0.15, 0.2) is 4.80 Å². The van der Waals surface area contributed by atoms with Gasteiger partial charge in [-0.05, 0) is 49.4 Å². The first kappa shape index (κ1) is 28.2. The number of hydrogen-bond acceptors (Lipinski definition) is 8. The third-order valence-electron chi connectivity index (χ3n) is 6.12. The fourth-order valence-corrected chi connectivity index (χ4v) is 6.60. The van der Waals surface area contributed by atoms with Crippen LogP contribution >= 0.6 is 11.3 Å². The second kappa shape index (κ2) is 11.9. The molecule has 0 N–H and O–H groups in total. The number of esters is 1. The van der Waals surface area contributed by atoms with Crippen molar-refractivity contribution >= 4 is 49.5 Å². The van der Waals surface area contributed by atoms with Crippen molar-refractivity contribution in [1.29, 1.82) is 0 Å².